The summed E-state index contributed by atoms with van der Waals surface area (Å²) in [7, 11) is 0. The highest BCUT2D eigenvalue weighted by atomic mass is 16.5. The van der Waals surface area contributed by atoms with Crippen LogP contribution in [0.4, 0.5) is 0 Å². The van der Waals surface area contributed by atoms with Gasteiger partial charge in [0, 0.05) is 37.6 Å². The van der Waals surface area contributed by atoms with E-state index in [0.717, 1.165) is 0 Å². The number of carbonyl (C=O) groups is 2. The molecule has 1 aromatic carbocycles. The minimum Gasteiger partial charge on any atom is -0.459 e. The van der Waals surface area contributed by atoms with Crippen LogP contribution in [-0.4, -0.2) is 36.0 Å². The molecule has 0 aliphatic carbocycles. The third-order valence-electron chi connectivity index (χ3n) is 4.08. The lowest BCUT2D eigenvalue weighted by atomic mass is 10.0. The topological polar surface area (TPSA) is 94.2 Å². The molecule has 0 unspecified atom stereocenters. The highest BCUT2D eigenvalue weighted by Crippen LogP contribution is 2.16. The molecule has 1 aromatic rings. The van der Waals surface area contributed by atoms with Crippen molar-refractivity contribution in [2.24, 2.45) is 0 Å². The van der Waals surface area contributed by atoms with Crippen LogP contribution in [0.5, 0.6) is 0 Å². The number of nitrogens with zero attached hydrogens (tertiary/aromatic N) is 3. The maximum absolute atomic E-state index is 12.3. The first-order valence-corrected chi connectivity index (χ1v) is 8.22. The third kappa shape index (κ3) is 4.81. The van der Waals surface area contributed by atoms with Gasteiger partial charge in [0.25, 0.3) is 0 Å². The summed E-state index contributed by atoms with van der Waals surface area (Å²) in [5.41, 5.74) is 1.63. The van der Waals surface area contributed by atoms with Crippen LogP contribution >= 0.6 is 0 Å². The largest absolute Gasteiger partial charge is 0.459 e. The molecule has 0 radical (unpaired) electrons. The number of hydrogen-bond acceptors (Lipinski definition) is 5. The summed E-state index contributed by atoms with van der Waals surface area (Å²) in [5.74, 6) is -0.540. The summed E-state index contributed by atoms with van der Waals surface area (Å²) < 4.78 is 5.31. The Balaban J connectivity index is 1.92. The zero-order valence-electron chi connectivity index (χ0n) is 14.6. The van der Waals surface area contributed by atoms with Crippen molar-refractivity contribution in [1.29, 1.82) is 10.5 Å². The highest BCUT2D eigenvalue weighted by Gasteiger charge is 2.24. The fourth-order valence-electron chi connectivity index (χ4n) is 2.57. The molecule has 6 nitrogen and oxygen atoms in total. The van der Waals surface area contributed by atoms with E-state index in [1.807, 2.05) is 12.1 Å². The van der Waals surface area contributed by atoms with Gasteiger partial charge in [-0.25, -0.2) is 4.79 Å². The van der Waals surface area contributed by atoms with Crippen molar-refractivity contribution >= 4 is 18.0 Å². The average Bonchev–Trinajstić information content (AvgIpc) is 2.66. The minimum atomic E-state index is -0.399. The standard InChI is InChI=1S/C20H19N3O3/c1-14(2)20(25)26-18-7-9-23(10-8-18)19(24)6-4-15-3-5-16(12-21)17(11-15)13-22/h3-6,11,18H,1,7-10H2,2H3/b6-4+. The summed E-state index contributed by atoms with van der Waals surface area (Å²) in [5, 5.41) is 18.0. The van der Waals surface area contributed by atoms with E-state index in [1.54, 1.807) is 36.1 Å². The Labute approximate surface area is 152 Å². The zero-order valence-corrected chi connectivity index (χ0v) is 14.6. The van der Waals surface area contributed by atoms with Crippen molar-refractivity contribution in [3.63, 3.8) is 0 Å². The van der Waals surface area contributed by atoms with E-state index >= 15 is 0 Å². The molecule has 1 fully saturated rings. The molecule has 0 N–H and O–H groups in total. The van der Waals surface area contributed by atoms with Gasteiger partial charge in [-0.3, -0.25) is 4.79 Å². The Morgan fingerprint density at radius 1 is 1.23 bits per heavy atom. The van der Waals surface area contributed by atoms with Crippen LogP contribution in [0.15, 0.2) is 36.4 Å². The van der Waals surface area contributed by atoms with E-state index in [1.165, 1.54) is 6.08 Å². The molecule has 2 rings (SSSR count). The Hall–Kier alpha value is -3.38. The molecule has 1 saturated heterocycles. The molecule has 26 heavy (non-hydrogen) atoms. The molecule has 0 aromatic heterocycles. The molecule has 0 spiro atoms. The molecule has 1 heterocycles. The zero-order chi connectivity index (χ0) is 19.1. The first-order chi connectivity index (χ1) is 12.4. The lowest BCUT2D eigenvalue weighted by Gasteiger charge is -2.31. The Kier molecular flexibility index (Phi) is 6.30. The average molecular weight is 349 g/mol. The number of esters is 1. The van der Waals surface area contributed by atoms with Crippen LogP contribution in [0.25, 0.3) is 6.08 Å². The van der Waals surface area contributed by atoms with Crippen LogP contribution in [0.3, 0.4) is 0 Å². The summed E-state index contributed by atoms with van der Waals surface area (Å²) in [6.45, 7) is 6.17. The van der Waals surface area contributed by atoms with Crippen molar-refractivity contribution in [3.05, 3.63) is 53.1 Å². The number of piperidine rings is 1. The van der Waals surface area contributed by atoms with Gasteiger partial charge in [-0.2, -0.15) is 10.5 Å². The van der Waals surface area contributed by atoms with Gasteiger partial charge in [-0.15, -0.1) is 0 Å². The Bertz CT molecular complexity index is 835. The van der Waals surface area contributed by atoms with Gasteiger partial charge in [0.2, 0.25) is 5.91 Å². The van der Waals surface area contributed by atoms with Crippen LogP contribution in [0.2, 0.25) is 0 Å². The summed E-state index contributed by atoms with van der Waals surface area (Å²) >= 11 is 0. The number of nitriles is 2. The number of carbonyl (C=O) groups excluding carboxylic acids is 2. The van der Waals surface area contributed by atoms with Gasteiger partial charge >= 0.3 is 5.97 Å². The predicted octanol–water partition coefficient (Wildman–Crippen LogP) is 2.55. The van der Waals surface area contributed by atoms with Crippen LogP contribution < -0.4 is 0 Å². The van der Waals surface area contributed by atoms with E-state index in [9.17, 15) is 9.59 Å². The molecular formula is C20H19N3O3. The Morgan fingerprint density at radius 3 is 2.46 bits per heavy atom. The number of benzene rings is 1. The fourth-order valence-corrected chi connectivity index (χ4v) is 2.57. The lowest BCUT2D eigenvalue weighted by Crippen LogP contribution is -2.40. The van der Waals surface area contributed by atoms with Gasteiger partial charge in [0.05, 0.1) is 11.1 Å². The molecule has 1 aliphatic heterocycles. The predicted molar refractivity (Wildman–Crippen MR) is 95.4 cm³/mol. The summed E-state index contributed by atoms with van der Waals surface area (Å²) in [6.07, 6.45) is 4.06. The third-order valence-corrected chi connectivity index (χ3v) is 4.08. The minimum absolute atomic E-state index is 0.141. The molecule has 132 valence electrons. The Morgan fingerprint density at radius 2 is 1.88 bits per heavy atom. The van der Waals surface area contributed by atoms with Gasteiger partial charge in [-0.05, 0) is 30.7 Å². The van der Waals surface area contributed by atoms with Crippen molar-refractivity contribution in [2.45, 2.75) is 25.9 Å². The molecule has 1 aliphatic rings. The fraction of sp³-hybridized carbons (Fsp3) is 0.300. The van der Waals surface area contributed by atoms with Gasteiger partial charge in [0.15, 0.2) is 0 Å². The molecule has 1 amide bonds. The summed E-state index contributed by atoms with van der Waals surface area (Å²) in [6, 6.07) is 8.74. The SMILES string of the molecule is C=C(C)C(=O)OC1CCN(C(=O)/C=C/c2ccc(C#N)c(C#N)c2)CC1. The number of likely N-dealkylation sites (tertiary alicyclic amines) is 1. The van der Waals surface area contributed by atoms with Gasteiger partial charge in [-0.1, -0.05) is 12.6 Å². The normalized spacial score (nSPS) is 14.5. The maximum atomic E-state index is 12.3. The molecule has 6 heteroatoms. The highest BCUT2D eigenvalue weighted by molar-refractivity contribution is 5.92. The van der Waals surface area contributed by atoms with Gasteiger partial charge < -0.3 is 9.64 Å². The van der Waals surface area contributed by atoms with Crippen molar-refractivity contribution in [1.82, 2.24) is 4.90 Å². The van der Waals surface area contributed by atoms with E-state index in [2.05, 4.69) is 6.58 Å². The van der Waals surface area contributed by atoms with Crippen molar-refractivity contribution in [2.75, 3.05) is 13.1 Å². The van der Waals surface area contributed by atoms with Crippen molar-refractivity contribution < 1.29 is 14.3 Å². The van der Waals surface area contributed by atoms with Crippen molar-refractivity contribution in [3.8, 4) is 12.1 Å². The second kappa shape index (κ2) is 8.64. The molecular weight excluding hydrogens is 330 g/mol. The number of ether oxygens (including phenoxy) is 1. The quantitative estimate of drug-likeness (QED) is 0.615. The number of hydrogen-bond donors (Lipinski definition) is 0. The number of rotatable bonds is 4. The second-order valence-electron chi connectivity index (χ2n) is 6.07. The van der Waals surface area contributed by atoms with Gasteiger partial charge in [0.1, 0.15) is 18.2 Å². The first kappa shape index (κ1) is 19.0. The van der Waals surface area contributed by atoms with E-state index < -0.39 is 5.97 Å². The molecule has 0 saturated carbocycles. The lowest BCUT2D eigenvalue weighted by molar-refractivity contribution is -0.147. The summed E-state index contributed by atoms with van der Waals surface area (Å²) in [4.78, 5) is 25.5. The molecule has 0 bridgehead atoms. The van der Waals surface area contributed by atoms with Crippen LogP contribution in [0.1, 0.15) is 36.5 Å². The second-order valence-corrected chi connectivity index (χ2v) is 6.07. The smallest absolute Gasteiger partial charge is 0.333 e. The van der Waals surface area contributed by atoms with E-state index in [4.69, 9.17) is 15.3 Å². The number of amides is 1. The van der Waals surface area contributed by atoms with E-state index in [0.29, 0.717) is 42.6 Å². The first-order valence-electron chi connectivity index (χ1n) is 8.22. The maximum Gasteiger partial charge on any atom is 0.333 e. The van der Waals surface area contributed by atoms with Crippen LogP contribution in [-0.2, 0) is 14.3 Å². The molecule has 0 atom stereocenters. The monoisotopic (exact) mass is 349 g/mol. The van der Waals surface area contributed by atoms with E-state index in [-0.39, 0.29) is 17.6 Å². The van der Waals surface area contributed by atoms with Crippen LogP contribution in [0, 0.1) is 22.7 Å².